The molecular weight excluding hydrogens is 298 g/mol. The first kappa shape index (κ1) is 15.2. The van der Waals surface area contributed by atoms with Crippen LogP contribution in [0.4, 0.5) is 23.2 Å². The number of hydrogen-bond donors (Lipinski definition) is 1. The lowest BCUT2D eigenvalue weighted by atomic mass is 9.89. The van der Waals surface area contributed by atoms with E-state index in [1.165, 1.54) is 0 Å². The fourth-order valence-corrected chi connectivity index (χ4v) is 1.99. The maximum atomic E-state index is 13.9. The zero-order valence-electron chi connectivity index (χ0n) is 10.4. The number of nitro benzene ring substituents is 1. The zero-order chi connectivity index (χ0) is 15.8. The summed E-state index contributed by atoms with van der Waals surface area (Å²) in [4.78, 5) is 13.1. The highest BCUT2D eigenvalue weighted by Gasteiger charge is 2.47. The number of ether oxygens (including phenoxy) is 1. The average molecular weight is 307 g/mol. The number of halogens is 4. The average Bonchev–Trinajstić information content (AvgIpc) is 2.41. The highest BCUT2D eigenvalue weighted by Crippen LogP contribution is 2.39. The Balaban J connectivity index is 2.72. The molecule has 21 heavy (non-hydrogen) atoms. The second kappa shape index (κ2) is 5.28. The van der Waals surface area contributed by atoms with Crippen LogP contribution < -0.4 is 5.73 Å². The van der Waals surface area contributed by atoms with Gasteiger partial charge in [-0.3, -0.25) is 15.1 Å². The van der Waals surface area contributed by atoms with E-state index in [0.29, 0.717) is 12.1 Å². The molecule has 114 valence electrons. The number of non-ortho nitro benzene ring substituents is 1. The lowest BCUT2D eigenvalue weighted by Crippen LogP contribution is -2.45. The standard InChI is InChI=1S/C11H9F4N3O3/c12-7-2-5(18(19)20)1-6(9(7)13)11(10(14)15)4-21-3-8(16)17-11/h1-2,10H,3-4H2,(H2,16,17). The van der Waals surface area contributed by atoms with E-state index >= 15 is 0 Å². The van der Waals surface area contributed by atoms with Crippen LogP contribution in [0.1, 0.15) is 5.56 Å². The number of nitro groups is 1. The Kier molecular flexibility index (Phi) is 3.81. The molecule has 1 aromatic rings. The number of nitrogens with zero attached hydrogens (tertiary/aromatic N) is 2. The van der Waals surface area contributed by atoms with Crippen molar-refractivity contribution < 1.29 is 27.2 Å². The molecular formula is C11H9F4N3O3. The number of nitrogens with two attached hydrogens (primary N) is 1. The smallest absolute Gasteiger partial charge is 0.272 e. The van der Waals surface area contributed by atoms with Crippen molar-refractivity contribution in [1.29, 1.82) is 0 Å². The van der Waals surface area contributed by atoms with E-state index in [1.54, 1.807) is 0 Å². The lowest BCUT2D eigenvalue weighted by Gasteiger charge is -2.33. The minimum atomic E-state index is -3.30. The van der Waals surface area contributed by atoms with Crippen molar-refractivity contribution in [3.63, 3.8) is 0 Å². The van der Waals surface area contributed by atoms with Gasteiger partial charge in [-0.1, -0.05) is 0 Å². The molecule has 1 aliphatic rings. The van der Waals surface area contributed by atoms with Gasteiger partial charge in [-0.25, -0.2) is 17.6 Å². The summed E-state index contributed by atoms with van der Waals surface area (Å²) in [7, 11) is 0. The molecule has 0 fully saturated rings. The second-order valence-electron chi connectivity index (χ2n) is 4.37. The predicted molar refractivity (Wildman–Crippen MR) is 63.1 cm³/mol. The van der Waals surface area contributed by atoms with E-state index in [4.69, 9.17) is 10.5 Å². The molecule has 0 radical (unpaired) electrons. The Labute approximate surface area is 115 Å². The molecule has 10 heteroatoms. The van der Waals surface area contributed by atoms with Gasteiger partial charge in [0, 0.05) is 11.6 Å². The monoisotopic (exact) mass is 307 g/mol. The molecule has 0 saturated heterocycles. The summed E-state index contributed by atoms with van der Waals surface area (Å²) in [5.74, 6) is -3.62. The third kappa shape index (κ3) is 2.53. The Bertz CT molecular complexity index is 623. The van der Waals surface area contributed by atoms with Crippen molar-refractivity contribution in [3.05, 3.63) is 39.4 Å². The molecule has 1 atom stereocenters. The van der Waals surface area contributed by atoms with Crippen LogP contribution in [0.2, 0.25) is 0 Å². The van der Waals surface area contributed by atoms with Gasteiger partial charge in [0.1, 0.15) is 12.4 Å². The van der Waals surface area contributed by atoms with Crippen molar-refractivity contribution in [2.24, 2.45) is 10.7 Å². The SMILES string of the molecule is NC1=NC(c2cc([N+](=O)[O-])cc(F)c2F)(C(F)F)COC1. The van der Waals surface area contributed by atoms with Gasteiger partial charge >= 0.3 is 0 Å². The third-order valence-corrected chi connectivity index (χ3v) is 2.97. The van der Waals surface area contributed by atoms with Crippen molar-refractivity contribution in [3.8, 4) is 0 Å². The minimum absolute atomic E-state index is 0.243. The number of benzene rings is 1. The van der Waals surface area contributed by atoms with Crippen molar-refractivity contribution in [2.45, 2.75) is 12.0 Å². The predicted octanol–water partition coefficient (Wildman–Crippen LogP) is 1.72. The molecule has 1 aliphatic heterocycles. The summed E-state index contributed by atoms with van der Waals surface area (Å²) < 4.78 is 58.9. The van der Waals surface area contributed by atoms with E-state index in [9.17, 15) is 27.7 Å². The van der Waals surface area contributed by atoms with Crippen LogP contribution in [0.25, 0.3) is 0 Å². The third-order valence-electron chi connectivity index (χ3n) is 2.97. The first-order valence-corrected chi connectivity index (χ1v) is 5.62. The molecule has 0 aliphatic carbocycles. The number of rotatable bonds is 3. The quantitative estimate of drug-likeness (QED) is 0.523. The number of hydrogen-bond acceptors (Lipinski definition) is 5. The van der Waals surface area contributed by atoms with Crippen LogP contribution in [-0.4, -0.2) is 30.4 Å². The molecule has 0 bridgehead atoms. The van der Waals surface area contributed by atoms with Gasteiger partial charge in [-0.15, -0.1) is 0 Å². The summed E-state index contributed by atoms with van der Waals surface area (Å²) >= 11 is 0. The molecule has 1 heterocycles. The largest absolute Gasteiger partial charge is 0.385 e. The minimum Gasteiger partial charge on any atom is -0.385 e. The van der Waals surface area contributed by atoms with Gasteiger partial charge in [0.25, 0.3) is 12.1 Å². The first-order valence-electron chi connectivity index (χ1n) is 5.62. The second-order valence-corrected chi connectivity index (χ2v) is 4.37. The Morgan fingerprint density at radius 2 is 2.10 bits per heavy atom. The van der Waals surface area contributed by atoms with Crippen molar-refractivity contribution in [2.75, 3.05) is 13.2 Å². The zero-order valence-corrected chi connectivity index (χ0v) is 10.4. The normalized spacial score (nSPS) is 22.2. The van der Waals surface area contributed by atoms with Crippen LogP contribution in [-0.2, 0) is 10.3 Å². The van der Waals surface area contributed by atoms with Crippen molar-refractivity contribution in [1.82, 2.24) is 0 Å². The molecule has 2 rings (SSSR count). The summed E-state index contributed by atoms with van der Waals surface area (Å²) in [5, 5.41) is 10.7. The number of amidine groups is 1. The van der Waals surface area contributed by atoms with E-state index < -0.39 is 46.4 Å². The lowest BCUT2D eigenvalue weighted by molar-refractivity contribution is -0.385. The molecule has 1 aromatic carbocycles. The molecule has 1 unspecified atom stereocenters. The van der Waals surface area contributed by atoms with E-state index in [0.717, 1.165) is 0 Å². The van der Waals surface area contributed by atoms with Crippen LogP contribution in [0.15, 0.2) is 17.1 Å². The number of aliphatic imine (C=N–C) groups is 1. The number of alkyl halides is 2. The van der Waals surface area contributed by atoms with Crippen LogP contribution in [0, 0.1) is 21.7 Å². The van der Waals surface area contributed by atoms with Crippen LogP contribution >= 0.6 is 0 Å². The summed E-state index contributed by atoms with van der Waals surface area (Å²) in [6.07, 6.45) is -3.30. The van der Waals surface area contributed by atoms with Gasteiger partial charge in [-0.2, -0.15) is 0 Å². The maximum Gasteiger partial charge on any atom is 0.272 e. The summed E-state index contributed by atoms with van der Waals surface area (Å²) in [5.41, 5.74) is 0.863. The highest BCUT2D eigenvalue weighted by molar-refractivity contribution is 5.82. The summed E-state index contributed by atoms with van der Waals surface area (Å²) in [6, 6.07) is 0.810. The topological polar surface area (TPSA) is 90.8 Å². The van der Waals surface area contributed by atoms with Gasteiger partial charge in [0.2, 0.25) is 0 Å². The van der Waals surface area contributed by atoms with Gasteiger partial charge in [0.05, 0.1) is 17.6 Å². The fourth-order valence-electron chi connectivity index (χ4n) is 1.99. The molecule has 6 nitrogen and oxygen atoms in total. The maximum absolute atomic E-state index is 13.9. The van der Waals surface area contributed by atoms with Crippen molar-refractivity contribution >= 4 is 11.5 Å². The fraction of sp³-hybridized carbons (Fsp3) is 0.364. The molecule has 0 spiro atoms. The molecule has 0 aromatic heterocycles. The summed E-state index contributed by atoms with van der Waals surface area (Å²) in [6.45, 7) is -1.02. The van der Waals surface area contributed by atoms with Crippen LogP contribution in [0.5, 0.6) is 0 Å². The molecule has 0 amide bonds. The molecule has 2 N–H and O–H groups in total. The van der Waals surface area contributed by atoms with Crippen LogP contribution in [0.3, 0.4) is 0 Å². The van der Waals surface area contributed by atoms with Gasteiger partial charge in [0.15, 0.2) is 17.2 Å². The first-order chi connectivity index (χ1) is 9.78. The Hall–Kier alpha value is -2.23. The van der Waals surface area contributed by atoms with E-state index in [1.807, 2.05) is 0 Å². The van der Waals surface area contributed by atoms with E-state index in [-0.39, 0.29) is 12.4 Å². The molecule has 0 saturated carbocycles. The Morgan fingerprint density at radius 1 is 1.43 bits per heavy atom. The highest BCUT2D eigenvalue weighted by atomic mass is 19.3. The van der Waals surface area contributed by atoms with Gasteiger partial charge < -0.3 is 10.5 Å². The van der Waals surface area contributed by atoms with Gasteiger partial charge in [-0.05, 0) is 0 Å². The van der Waals surface area contributed by atoms with E-state index in [2.05, 4.69) is 4.99 Å². The Morgan fingerprint density at radius 3 is 2.62 bits per heavy atom.